The molecular formula is C14H25ClN4O3. The Labute approximate surface area is 137 Å². The number of nitrogens with one attached hydrogen (secondary N) is 2. The highest BCUT2D eigenvalue weighted by molar-refractivity contribution is 6.07. The smallest absolute Gasteiger partial charge is 0.325 e. The Kier molecular flexibility index (Phi) is 6.62. The summed E-state index contributed by atoms with van der Waals surface area (Å²) in [4.78, 5) is 39.1. The van der Waals surface area contributed by atoms with E-state index < -0.39 is 5.54 Å². The maximum absolute atomic E-state index is 12.4. The summed E-state index contributed by atoms with van der Waals surface area (Å²) in [5, 5.41) is 5.79. The topological polar surface area (TPSA) is 81.8 Å². The number of hydrogen-bond acceptors (Lipinski definition) is 4. The molecule has 2 aliphatic rings. The van der Waals surface area contributed by atoms with Crippen molar-refractivity contribution in [2.45, 2.75) is 37.6 Å². The van der Waals surface area contributed by atoms with Crippen molar-refractivity contribution in [3.8, 4) is 0 Å². The van der Waals surface area contributed by atoms with Gasteiger partial charge in [-0.25, -0.2) is 4.79 Å². The molecule has 1 spiro atoms. The Hall–Kier alpha value is -1.34. The van der Waals surface area contributed by atoms with Crippen LogP contribution in [0, 0.1) is 0 Å². The fourth-order valence-electron chi connectivity index (χ4n) is 3.00. The third-order valence-corrected chi connectivity index (χ3v) is 4.38. The quantitative estimate of drug-likeness (QED) is 0.687. The van der Waals surface area contributed by atoms with Gasteiger partial charge in [0.15, 0.2) is 0 Å². The molecule has 0 bridgehead atoms. The molecule has 1 heterocycles. The first kappa shape index (κ1) is 18.7. The van der Waals surface area contributed by atoms with Gasteiger partial charge in [0.05, 0.1) is 0 Å². The normalized spacial score (nSPS) is 19.3. The van der Waals surface area contributed by atoms with Crippen LogP contribution in [0.25, 0.3) is 0 Å². The Morgan fingerprint density at radius 1 is 1.36 bits per heavy atom. The van der Waals surface area contributed by atoms with Crippen molar-refractivity contribution in [3.05, 3.63) is 0 Å². The summed E-state index contributed by atoms with van der Waals surface area (Å²) in [5.74, 6) is -0.214. The van der Waals surface area contributed by atoms with Gasteiger partial charge in [0, 0.05) is 33.1 Å². The molecule has 1 aliphatic heterocycles. The fraction of sp³-hybridized carbons (Fsp3) is 0.786. The molecule has 0 atom stereocenters. The van der Waals surface area contributed by atoms with Crippen molar-refractivity contribution in [3.63, 3.8) is 0 Å². The second-order valence-corrected chi connectivity index (χ2v) is 5.85. The zero-order valence-electron chi connectivity index (χ0n) is 13.2. The van der Waals surface area contributed by atoms with Gasteiger partial charge in [-0.1, -0.05) is 12.8 Å². The van der Waals surface area contributed by atoms with Gasteiger partial charge in [-0.15, -0.1) is 12.4 Å². The maximum atomic E-state index is 12.4. The summed E-state index contributed by atoms with van der Waals surface area (Å²) in [7, 11) is 3.55. The van der Waals surface area contributed by atoms with Gasteiger partial charge in [0.2, 0.25) is 5.91 Å². The second-order valence-electron chi connectivity index (χ2n) is 5.85. The minimum Gasteiger partial charge on any atom is -0.344 e. The van der Waals surface area contributed by atoms with Crippen LogP contribution in [0.3, 0.4) is 0 Å². The van der Waals surface area contributed by atoms with E-state index in [-0.39, 0.29) is 43.2 Å². The van der Waals surface area contributed by atoms with E-state index in [4.69, 9.17) is 0 Å². The van der Waals surface area contributed by atoms with Crippen LogP contribution in [-0.4, -0.2) is 66.9 Å². The first-order valence-electron chi connectivity index (χ1n) is 7.53. The molecule has 1 saturated heterocycles. The van der Waals surface area contributed by atoms with Gasteiger partial charge < -0.3 is 15.5 Å². The molecule has 1 aliphatic carbocycles. The fourth-order valence-corrected chi connectivity index (χ4v) is 3.00. The van der Waals surface area contributed by atoms with Crippen molar-refractivity contribution in [2.75, 3.05) is 33.7 Å². The number of imide groups is 1. The number of rotatable bonds is 6. The van der Waals surface area contributed by atoms with Crippen molar-refractivity contribution in [2.24, 2.45) is 0 Å². The Balaban J connectivity index is 0.00000242. The van der Waals surface area contributed by atoms with Gasteiger partial charge in [0.1, 0.15) is 5.54 Å². The predicted molar refractivity (Wildman–Crippen MR) is 84.9 cm³/mol. The van der Waals surface area contributed by atoms with E-state index in [2.05, 4.69) is 10.6 Å². The molecule has 0 aromatic heterocycles. The number of carbonyl (C=O) groups excluding carboxylic acids is 3. The summed E-state index contributed by atoms with van der Waals surface area (Å²) in [6.07, 6.45) is 3.53. The van der Waals surface area contributed by atoms with Crippen molar-refractivity contribution >= 4 is 30.3 Å². The average molecular weight is 333 g/mol. The average Bonchev–Trinajstić information content (AvgIpc) is 3.01. The maximum Gasteiger partial charge on any atom is 0.325 e. The highest BCUT2D eigenvalue weighted by atomic mass is 35.5. The number of likely N-dealkylation sites (N-methyl/N-ethyl adjacent to an activating group) is 2. The zero-order valence-corrected chi connectivity index (χ0v) is 14.0. The summed E-state index contributed by atoms with van der Waals surface area (Å²) >= 11 is 0. The third-order valence-electron chi connectivity index (χ3n) is 4.38. The van der Waals surface area contributed by atoms with Crippen molar-refractivity contribution in [1.29, 1.82) is 0 Å². The van der Waals surface area contributed by atoms with E-state index in [1.165, 1.54) is 4.90 Å². The van der Waals surface area contributed by atoms with E-state index >= 15 is 0 Å². The molecule has 0 aromatic rings. The molecule has 22 heavy (non-hydrogen) atoms. The number of nitrogens with zero attached hydrogens (tertiary/aromatic N) is 2. The standard InChI is InChI=1S/C14H24N4O3.ClH/c1-15-8-10-17(2)11(19)5-9-18-12(20)14(16-13(18)21)6-3-4-7-14;/h15H,3-10H2,1-2H3,(H,16,21);1H. The SMILES string of the molecule is CNCCN(C)C(=O)CCN1C(=O)NC2(CCCC2)C1=O.Cl. The third kappa shape index (κ3) is 3.70. The first-order chi connectivity index (χ1) is 10.00. The molecule has 2 fully saturated rings. The second kappa shape index (κ2) is 7.78. The number of amides is 4. The van der Waals surface area contributed by atoms with Crippen LogP contribution in [-0.2, 0) is 9.59 Å². The molecule has 7 nitrogen and oxygen atoms in total. The molecule has 1 saturated carbocycles. The summed E-state index contributed by atoms with van der Waals surface area (Å²) in [6, 6.07) is -0.354. The monoisotopic (exact) mass is 332 g/mol. The van der Waals surface area contributed by atoms with Crippen molar-refractivity contribution < 1.29 is 14.4 Å². The molecular weight excluding hydrogens is 308 g/mol. The zero-order chi connectivity index (χ0) is 15.5. The van der Waals surface area contributed by atoms with Crippen LogP contribution in [0.5, 0.6) is 0 Å². The molecule has 0 radical (unpaired) electrons. The van der Waals surface area contributed by atoms with Crippen LogP contribution in [0.1, 0.15) is 32.1 Å². The van der Waals surface area contributed by atoms with Crippen LogP contribution in [0.15, 0.2) is 0 Å². The predicted octanol–water partition coefficient (Wildman–Crippen LogP) is 0.341. The summed E-state index contributed by atoms with van der Waals surface area (Å²) in [5.41, 5.74) is -0.682. The lowest BCUT2D eigenvalue weighted by molar-refractivity contribution is -0.133. The van der Waals surface area contributed by atoms with Crippen LogP contribution < -0.4 is 10.6 Å². The minimum absolute atomic E-state index is 0. The van der Waals surface area contributed by atoms with E-state index in [0.717, 1.165) is 12.8 Å². The molecule has 8 heteroatoms. The molecule has 2 N–H and O–H groups in total. The molecule has 0 aromatic carbocycles. The summed E-state index contributed by atoms with van der Waals surface area (Å²) < 4.78 is 0. The Morgan fingerprint density at radius 2 is 2.00 bits per heavy atom. The Bertz CT molecular complexity index is 438. The van der Waals surface area contributed by atoms with Crippen LogP contribution >= 0.6 is 12.4 Å². The minimum atomic E-state index is -0.682. The molecule has 4 amide bonds. The van der Waals surface area contributed by atoms with E-state index in [9.17, 15) is 14.4 Å². The number of hydrogen-bond donors (Lipinski definition) is 2. The number of halogens is 1. The largest absolute Gasteiger partial charge is 0.344 e. The number of urea groups is 1. The highest BCUT2D eigenvalue weighted by Gasteiger charge is 2.52. The van der Waals surface area contributed by atoms with Crippen LogP contribution in [0.2, 0.25) is 0 Å². The van der Waals surface area contributed by atoms with E-state index in [1.54, 1.807) is 11.9 Å². The van der Waals surface area contributed by atoms with Gasteiger partial charge >= 0.3 is 6.03 Å². The summed E-state index contributed by atoms with van der Waals surface area (Å²) in [6.45, 7) is 1.49. The van der Waals surface area contributed by atoms with Gasteiger partial charge in [0.25, 0.3) is 5.91 Å². The lowest BCUT2D eigenvalue weighted by atomic mass is 9.98. The van der Waals surface area contributed by atoms with Gasteiger partial charge in [-0.2, -0.15) is 0 Å². The van der Waals surface area contributed by atoms with E-state index in [1.807, 2.05) is 7.05 Å². The number of carbonyl (C=O) groups is 3. The highest BCUT2D eigenvalue weighted by Crippen LogP contribution is 2.34. The molecule has 2 rings (SSSR count). The molecule has 126 valence electrons. The van der Waals surface area contributed by atoms with Gasteiger partial charge in [-0.3, -0.25) is 14.5 Å². The lowest BCUT2D eigenvalue weighted by Gasteiger charge is -2.21. The van der Waals surface area contributed by atoms with Gasteiger partial charge in [-0.05, 0) is 19.9 Å². The van der Waals surface area contributed by atoms with Crippen LogP contribution in [0.4, 0.5) is 4.79 Å². The Morgan fingerprint density at radius 3 is 2.59 bits per heavy atom. The molecule has 0 unspecified atom stereocenters. The lowest BCUT2D eigenvalue weighted by Crippen LogP contribution is -2.44. The van der Waals surface area contributed by atoms with E-state index in [0.29, 0.717) is 25.9 Å². The first-order valence-corrected chi connectivity index (χ1v) is 7.53. The van der Waals surface area contributed by atoms with Crippen molar-refractivity contribution in [1.82, 2.24) is 20.4 Å².